The van der Waals surface area contributed by atoms with Gasteiger partial charge in [-0.2, -0.15) is 0 Å². The molecule has 1 aromatic heterocycles. The van der Waals surface area contributed by atoms with Crippen LogP contribution in [0, 0.1) is 6.92 Å². The Morgan fingerprint density at radius 3 is 2.76 bits per heavy atom. The van der Waals surface area contributed by atoms with Crippen molar-refractivity contribution < 1.29 is 9.90 Å². The largest absolute Gasteiger partial charge is 0.478 e. The summed E-state index contributed by atoms with van der Waals surface area (Å²) in [4.78, 5) is 10.8. The molecule has 0 saturated carbocycles. The number of carboxylic acid groups (broad SMARTS) is 1. The first-order chi connectivity index (χ1) is 8.06. The Morgan fingerprint density at radius 1 is 1.41 bits per heavy atom. The maximum atomic E-state index is 10.8. The molecule has 1 aromatic carbocycles. The van der Waals surface area contributed by atoms with E-state index in [1.165, 1.54) is 5.56 Å². The van der Waals surface area contributed by atoms with Crippen LogP contribution in [0.15, 0.2) is 41.1 Å². The van der Waals surface area contributed by atoms with Crippen LogP contribution in [0.25, 0.3) is 0 Å². The quantitative estimate of drug-likeness (QED) is 0.943. The Kier molecular flexibility index (Phi) is 3.33. The molecule has 0 bridgehead atoms. The van der Waals surface area contributed by atoms with Crippen LogP contribution in [-0.4, -0.2) is 15.6 Å². The lowest BCUT2D eigenvalue weighted by molar-refractivity contribution is 0.0697. The summed E-state index contributed by atoms with van der Waals surface area (Å²) in [5, 5.41) is 8.90. The Morgan fingerprint density at radius 2 is 2.18 bits per heavy atom. The maximum absolute atomic E-state index is 10.8. The molecule has 4 heteroatoms. The van der Waals surface area contributed by atoms with E-state index >= 15 is 0 Å². The molecule has 0 fully saturated rings. The molecule has 3 nitrogen and oxygen atoms in total. The smallest absolute Gasteiger partial charge is 0.337 e. The van der Waals surface area contributed by atoms with E-state index in [2.05, 4.69) is 22.0 Å². The molecule has 0 spiro atoms. The van der Waals surface area contributed by atoms with Crippen LogP contribution in [0.4, 0.5) is 0 Å². The fraction of sp³-hybridized carbons (Fsp3) is 0.154. The van der Waals surface area contributed by atoms with Gasteiger partial charge < -0.3 is 9.67 Å². The Hall–Kier alpha value is -1.55. The van der Waals surface area contributed by atoms with Gasteiger partial charge in [0.1, 0.15) is 0 Å². The van der Waals surface area contributed by atoms with Crippen LogP contribution in [0.5, 0.6) is 0 Å². The van der Waals surface area contributed by atoms with Crippen molar-refractivity contribution in [2.75, 3.05) is 0 Å². The molecule has 0 unspecified atom stereocenters. The van der Waals surface area contributed by atoms with Gasteiger partial charge in [-0.25, -0.2) is 4.79 Å². The van der Waals surface area contributed by atoms with Crippen molar-refractivity contribution >= 4 is 21.9 Å². The minimum Gasteiger partial charge on any atom is -0.478 e. The Labute approximate surface area is 108 Å². The van der Waals surface area contributed by atoms with Gasteiger partial charge in [-0.05, 0) is 34.5 Å². The zero-order chi connectivity index (χ0) is 12.4. The van der Waals surface area contributed by atoms with Crippen molar-refractivity contribution in [1.82, 2.24) is 4.57 Å². The second kappa shape index (κ2) is 4.75. The van der Waals surface area contributed by atoms with Gasteiger partial charge in [0.15, 0.2) is 0 Å². The van der Waals surface area contributed by atoms with Crippen molar-refractivity contribution in [2.24, 2.45) is 0 Å². The second-order valence-electron chi connectivity index (χ2n) is 3.97. The fourth-order valence-electron chi connectivity index (χ4n) is 1.72. The molecule has 0 amide bonds. The van der Waals surface area contributed by atoms with Gasteiger partial charge in [-0.3, -0.25) is 0 Å². The van der Waals surface area contributed by atoms with Crippen LogP contribution in [-0.2, 0) is 6.54 Å². The molecule has 2 aromatic rings. The van der Waals surface area contributed by atoms with Gasteiger partial charge in [-0.1, -0.05) is 29.8 Å². The summed E-state index contributed by atoms with van der Waals surface area (Å²) in [5.74, 6) is -0.909. The summed E-state index contributed by atoms with van der Waals surface area (Å²) in [6, 6.07) is 9.77. The highest BCUT2D eigenvalue weighted by molar-refractivity contribution is 9.10. The highest BCUT2D eigenvalue weighted by Gasteiger charge is 2.09. The summed E-state index contributed by atoms with van der Waals surface area (Å²) in [6.45, 7) is 2.70. The number of aromatic carboxylic acids is 1. The molecule has 17 heavy (non-hydrogen) atoms. The van der Waals surface area contributed by atoms with Crippen LogP contribution in [0.3, 0.4) is 0 Å². The highest BCUT2D eigenvalue weighted by Crippen LogP contribution is 2.17. The topological polar surface area (TPSA) is 42.2 Å². The number of rotatable bonds is 3. The van der Waals surface area contributed by atoms with E-state index in [9.17, 15) is 4.79 Å². The standard InChI is InChI=1S/C13H12BrNO2/c1-9-3-2-4-10(5-9)7-15-8-11(13(16)17)6-12(15)14/h2-6,8H,7H2,1H3,(H,16,17). The number of hydrogen-bond donors (Lipinski definition) is 1. The van der Waals surface area contributed by atoms with E-state index in [4.69, 9.17) is 5.11 Å². The van der Waals surface area contributed by atoms with Gasteiger partial charge in [0.25, 0.3) is 0 Å². The fourth-order valence-corrected chi connectivity index (χ4v) is 2.20. The Balaban J connectivity index is 2.27. The number of nitrogens with zero attached hydrogens (tertiary/aromatic N) is 1. The molecular weight excluding hydrogens is 282 g/mol. The first kappa shape index (κ1) is 11.9. The van der Waals surface area contributed by atoms with Crippen molar-refractivity contribution in [3.8, 4) is 0 Å². The van der Waals surface area contributed by atoms with Crippen molar-refractivity contribution in [3.05, 3.63) is 57.8 Å². The van der Waals surface area contributed by atoms with Gasteiger partial charge in [0, 0.05) is 12.7 Å². The average Bonchev–Trinajstić information content (AvgIpc) is 2.61. The molecule has 0 aliphatic rings. The minimum atomic E-state index is -0.909. The summed E-state index contributed by atoms with van der Waals surface area (Å²) in [7, 11) is 0. The van der Waals surface area contributed by atoms with E-state index in [0.717, 1.165) is 10.2 Å². The van der Waals surface area contributed by atoms with Crippen molar-refractivity contribution in [2.45, 2.75) is 13.5 Å². The number of hydrogen-bond acceptors (Lipinski definition) is 1. The predicted octanol–water partition coefficient (Wildman–Crippen LogP) is 3.31. The SMILES string of the molecule is Cc1cccc(Cn2cc(C(=O)O)cc2Br)c1. The molecule has 1 N–H and O–H groups in total. The van der Waals surface area contributed by atoms with E-state index in [0.29, 0.717) is 12.1 Å². The summed E-state index contributed by atoms with van der Waals surface area (Å²) < 4.78 is 2.65. The van der Waals surface area contributed by atoms with E-state index in [-0.39, 0.29) is 0 Å². The maximum Gasteiger partial charge on any atom is 0.337 e. The van der Waals surface area contributed by atoms with Gasteiger partial charge in [0.05, 0.1) is 10.2 Å². The predicted molar refractivity (Wildman–Crippen MR) is 69.4 cm³/mol. The summed E-state index contributed by atoms with van der Waals surface area (Å²) in [6.07, 6.45) is 1.63. The lowest BCUT2D eigenvalue weighted by atomic mass is 10.1. The number of carboxylic acids is 1. The van der Waals surface area contributed by atoms with Crippen LogP contribution in [0.1, 0.15) is 21.5 Å². The third kappa shape index (κ3) is 2.77. The molecule has 0 saturated heterocycles. The van der Waals surface area contributed by atoms with Crippen LogP contribution < -0.4 is 0 Å². The lowest BCUT2D eigenvalue weighted by Crippen LogP contribution is -1.99. The monoisotopic (exact) mass is 293 g/mol. The number of benzene rings is 1. The Bertz CT molecular complexity index is 560. The average molecular weight is 294 g/mol. The first-order valence-electron chi connectivity index (χ1n) is 5.21. The van der Waals surface area contributed by atoms with Gasteiger partial charge in [-0.15, -0.1) is 0 Å². The second-order valence-corrected chi connectivity index (χ2v) is 4.79. The third-order valence-corrected chi connectivity index (χ3v) is 3.21. The number of halogens is 1. The van der Waals surface area contributed by atoms with Gasteiger partial charge in [0.2, 0.25) is 0 Å². The van der Waals surface area contributed by atoms with Gasteiger partial charge >= 0.3 is 5.97 Å². The molecule has 0 radical (unpaired) electrons. The molecule has 2 rings (SSSR count). The highest BCUT2D eigenvalue weighted by atomic mass is 79.9. The molecule has 88 valence electrons. The number of aryl methyl sites for hydroxylation is 1. The number of aromatic nitrogens is 1. The molecule has 0 aliphatic heterocycles. The molecule has 0 aliphatic carbocycles. The zero-order valence-corrected chi connectivity index (χ0v) is 10.9. The molecule has 0 atom stereocenters. The minimum absolute atomic E-state index is 0.296. The van der Waals surface area contributed by atoms with E-state index < -0.39 is 5.97 Å². The number of carbonyl (C=O) groups is 1. The van der Waals surface area contributed by atoms with E-state index in [1.807, 2.05) is 29.7 Å². The molecular formula is C13H12BrNO2. The van der Waals surface area contributed by atoms with Crippen molar-refractivity contribution in [3.63, 3.8) is 0 Å². The first-order valence-corrected chi connectivity index (χ1v) is 6.00. The third-order valence-electron chi connectivity index (χ3n) is 2.53. The van der Waals surface area contributed by atoms with Crippen LogP contribution in [0.2, 0.25) is 0 Å². The van der Waals surface area contributed by atoms with E-state index in [1.54, 1.807) is 12.3 Å². The normalized spacial score (nSPS) is 10.5. The molecule has 1 heterocycles. The summed E-state index contributed by atoms with van der Waals surface area (Å²) in [5.41, 5.74) is 2.65. The zero-order valence-electron chi connectivity index (χ0n) is 9.35. The lowest BCUT2D eigenvalue weighted by Gasteiger charge is -2.05. The summed E-state index contributed by atoms with van der Waals surface area (Å²) >= 11 is 3.36. The van der Waals surface area contributed by atoms with Crippen molar-refractivity contribution in [1.29, 1.82) is 0 Å². The van der Waals surface area contributed by atoms with Crippen LogP contribution >= 0.6 is 15.9 Å².